The van der Waals surface area contributed by atoms with E-state index in [2.05, 4.69) is 10.4 Å². The molecule has 1 N–H and O–H groups in total. The lowest BCUT2D eigenvalue weighted by molar-refractivity contribution is -0.147. The Morgan fingerprint density at radius 2 is 2.71 bits per heavy atom. The third-order valence-electron chi connectivity index (χ3n) is 2.25. The maximum Gasteiger partial charge on any atom is 0.332 e. The van der Waals surface area contributed by atoms with E-state index >= 15 is 0 Å². The number of carbonyl (C=O) groups is 1. The van der Waals surface area contributed by atoms with E-state index < -0.39 is 0 Å². The molecule has 5 nitrogen and oxygen atoms in total. The summed E-state index contributed by atoms with van der Waals surface area (Å²) in [5, 5.41) is 7.27. The van der Waals surface area contributed by atoms with Crippen molar-refractivity contribution in [2.24, 2.45) is 0 Å². The van der Waals surface area contributed by atoms with E-state index in [1.807, 2.05) is 6.07 Å². The molecule has 1 unspecified atom stereocenters. The van der Waals surface area contributed by atoms with Gasteiger partial charge in [0.25, 0.3) is 0 Å². The number of carbonyl (C=O) groups excluding carboxylic acids is 1. The van der Waals surface area contributed by atoms with E-state index in [1.165, 1.54) is 0 Å². The fourth-order valence-electron chi connectivity index (χ4n) is 1.61. The van der Waals surface area contributed by atoms with E-state index in [9.17, 15) is 4.79 Å². The van der Waals surface area contributed by atoms with Crippen molar-refractivity contribution in [2.45, 2.75) is 19.5 Å². The summed E-state index contributed by atoms with van der Waals surface area (Å²) in [6, 6.07) is 1.59. The fourth-order valence-corrected chi connectivity index (χ4v) is 1.61. The summed E-state index contributed by atoms with van der Waals surface area (Å²) in [6.07, 6.45) is 1.70. The maximum absolute atomic E-state index is 11.5. The van der Waals surface area contributed by atoms with Crippen molar-refractivity contribution in [3.05, 3.63) is 18.0 Å². The van der Waals surface area contributed by atoms with Gasteiger partial charge >= 0.3 is 5.97 Å². The Kier molecular flexibility index (Phi) is 2.49. The molecule has 1 aliphatic rings. The van der Waals surface area contributed by atoms with Crippen molar-refractivity contribution in [1.82, 2.24) is 15.1 Å². The van der Waals surface area contributed by atoms with Crippen LogP contribution in [0.4, 0.5) is 0 Å². The zero-order valence-corrected chi connectivity index (χ0v) is 8.06. The molecular formula is C9H13N3O2. The van der Waals surface area contributed by atoms with Gasteiger partial charge in [0.15, 0.2) is 6.04 Å². The monoisotopic (exact) mass is 195 g/mol. The van der Waals surface area contributed by atoms with Crippen molar-refractivity contribution in [2.75, 3.05) is 13.2 Å². The van der Waals surface area contributed by atoms with Gasteiger partial charge in [-0.15, -0.1) is 0 Å². The predicted octanol–water partition coefficient (Wildman–Crippen LogP) is 0.0905. The molecule has 1 aromatic rings. The first kappa shape index (κ1) is 9.21. The molecule has 1 aromatic heterocycles. The number of ether oxygens (including phenoxy) is 1. The van der Waals surface area contributed by atoms with Gasteiger partial charge in [-0.3, -0.25) is 4.68 Å². The first-order valence-electron chi connectivity index (χ1n) is 4.72. The van der Waals surface area contributed by atoms with Crippen molar-refractivity contribution in [3.63, 3.8) is 0 Å². The summed E-state index contributed by atoms with van der Waals surface area (Å²) >= 11 is 0. The van der Waals surface area contributed by atoms with Crippen LogP contribution in [0.1, 0.15) is 18.7 Å². The molecule has 0 bridgehead atoms. The molecular weight excluding hydrogens is 182 g/mol. The molecule has 0 amide bonds. The predicted molar refractivity (Wildman–Crippen MR) is 49.6 cm³/mol. The molecule has 0 radical (unpaired) electrons. The minimum atomic E-state index is -0.311. The zero-order chi connectivity index (χ0) is 9.97. The van der Waals surface area contributed by atoms with E-state index in [0.717, 1.165) is 12.2 Å². The van der Waals surface area contributed by atoms with Crippen LogP contribution in [0.5, 0.6) is 0 Å². The number of esters is 1. The number of rotatable bonds is 2. The third-order valence-corrected chi connectivity index (χ3v) is 2.25. The molecule has 76 valence electrons. The molecule has 0 aliphatic carbocycles. The van der Waals surface area contributed by atoms with Crippen LogP contribution in [0, 0.1) is 0 Å². The second-order valence-electron chi connectivity index (χ2n) is 3.17. The normalized spacial score (nSPS) is 20.2. The molecule has 0 fully saturated rings. The van der Waals surface area contributed by atoms with Gasteiger partial charge < -0.3 is 10.1 Å². The summed E-state index contributed by atoms with van der Waals surface area (Å²) in [5.41, 5.74) is 1.02. The Bertz CT molecular complexity index is 335. The lowest BCUT2D eigenvalue weighted by Gasteiger charge is -2.23. The SMILES string of the molecule is CCOC(=O)C1CNCc2ccnn21. The van der Waals surface area contributed by atoms with Crippen molar-refractivity contribution in [1.29, 1.82) is 0 Å². The van der Waals surface area contributed by atoms with E-state index in [1.54, 1.807) is 17.8 Å². The molecule has 14 heavy (non-hydrogen) atoms. The molecule has 0 saturated heterocycles. The standard InChI is InChI=1S/C9H13N3O2/c1-2-14-9(13)8-6-10-5-7-3-4-11-12(7)8/h3-4,8,10H,2,5-6H2,1H3. The number of fused-ring (bicyclic) bond motifs is 1. The fraction of sp³-hybridized carbons (Fsp3) is 0.556. The lowest BCUT2D eigenvalue weighted by Crippen LogP contribution is -2.38. The first-order valence-corrected chi connectivity index (χ1v) is 4.72. The van der Waals surface area contributed by atoms with Crippen LogP contribution >= 0.6 is 0 Å². The minimum absolute atomic E-state index is 0.218. The van der Waals surface area contributed by atoms with Crippen molar-refractivity contribution < 1.29 is 9.53 Å². The summed E-state index contributed by atoms with van der Waals surface area (Å²) in [4.78, 5) is 11.5. The molecule has 0 spiro atoms. The molecule has 1 atom stereocenters. The number of nitrogens with one attached hydrogen (secondary N) is 1. The maximum atomic E-state index is 11.5. The quantitative estimate of drug-likeness (QED) is 0.679. The summed E-state index contributed by atoms with van der Waals surface area (Å²) < 4.78 is 6.70. The Morgan fingerprint density at radius 1 is 1.86 bits per heavy atom. The summed E-state index contributed by atoms with van der Waals surface area (Å²) in [7, 11) is 0. The third kappa shape index (κ3) is 1.50. The highest BCUT2D eigenvalue weighted by Crippen LogP contribution is 2.14. The van der Waals surface area contributed by atoms with E-state index in [0.29, 0.717) is 13.2 Å². The van der Waals surface area contributed by atoms with Crippen molar-refractivity contribution >= 4 is 5.97 Å². The number of hydrogen-bond donors (Lipinski definition) is 1. The van der Waals surface area contributed by atoms with Gasteiger partial charge in [0.05, 0.1) is 12.3 Å². The van der Waals surface area contributed by atoms with Crippen LogP contribution in [0.15, 0.2) is 12.3 Å². The lowest BCUT2D eigenvalue weighted by atomic mass is 10.2. The highest BCUT2D eigenvalue weighted by molar-refractivity contribution is 5.74. The van der Waals surface area contributed by atoms with Crippen LogP contribution in [0.2, 0.25) is 0 Å². The minimum Gasteiger partial charge on any atom is -0.464 e. The Hall–Kier alpha value is -1.36. The van der Waals surface area contributed by atoms with Crippen LogP contribution in [-0.2, 0) is 16.1 Å². The number of aromatic nitrogens is 2. The van der Waals surface area contributed by atoms with Crippen LogP contribution in [0.25, 0.3) is 0 Å². The van der Waals surface area contributed by atoms with Crippen LogP contribution in [0.3, 0.4) is 0 Å². The summed E-state index contributed by atoms with van der Waals surface area (Å²) in [5.74, 6) is -0.218. The highest BCUT2D eigenvalue weighted by Gasteiger charge is 2.27. The first-order chi connectivity index (χ1) is 6.83. The Labute approximate surface area is 82.0 Å². The summed E-state index contributed by atoms with van der Waals surface area (Å²) in [6.45, 7) is 3.56. The van der Waals surface area contributed by atoms with Gasteiger partial charge in [-0.2, -0.15) is 5.10 Å². The Balaban J connectivity index is 2.19. The largest absolute Gasteiger partial charge is 0.464 e. The van der Waals surface area contributed by atoms with Gasteiger partial charge in [0.1, 0.15) is 0 Å². The number of nitrogens with zero attached hydrogens (tertiary/aromatic N) is 2. The molecule has 0 aromatic carbocycles. The van der Waals surface area contributed by atoms with Gasteiger partial charge in [0, 0.05) is 19.3 Å². The smallest absolute Gasteiger partial charge is 0.332 e. The average molecular weight is 195 g/mol. The molecule has 0 saturated carbocycles. The van der Waals surface area contributed by atoms with Crippen LogP contribution in [-0.4, -0.2) is 28.9 Å². The van der Waals surface area contributed by atoms with Gasteiger partial charge in [-0.05, 0) is 13.0 Å². The van der Waals surface area contributed by atoms with Gasteiger partial charge in [0.2, 0.25) is 0 Å². The average Bonchev–Trinajstić information content (AvgIpc) is 2.65. The molecule has 2 heterocycles. The zero-order valence-electron chi connectivity index (χ0n) is 8.06. The molecule has 5 heteroatoms. The van der Waals surface area contributed by atoms with Crippen molar-refractivity contribution in [3.8, 4) is 0 Å². The van der Waals surface area contributed by atoms with Crippen LogP contribution < -0.4 is 5.32 Å². The highest BCUT2D eigenvalue weighted by atomic mass is 16.5. The topological polar surface area (TPSA) is 56.1 Å². The van der Waals surface area contributed by atoms with E-state index in [4.69, 9.17) is 4.74 Å². The van der Waals surface area contributed by atoms with E-state index in [-0.39, 0.29) is 12.0 Å². The van der Waals surface area contributed by atoms with Gasteiger partial charge in [-0.1, -0.05) is 0 Å². The second-order valence-corrected chi connectivity index (χ2v) is 3.17. The Morgan fingerprint density at radius 3 is 3.50 bits per heavy atom. The second kappa shape index (κ2) is 3.79. The number of hydrogen-bond acceptors (Lipinski definition) is 4. The van der Waals surface area contributed by atoms with Gasteiger partial charge in [-0.25, -0.2) is 4.79 Å². The molecule has 2 rings (SSSR count). The molecule has 1 aliphatic heterocycles.